The fraction of sp³-hybridized carbons (Fsp3) is 0.579. The molecule has 118 valence electrons. The van der Waals surface area contributed by atoms with Gasteiger partial charge in [-0.05, 0) is 50.8 Å². The highest BCUT2D eigenvalue weighted by molar-refractivity contribution is 5.39. The summed E-state index contributed by atoms with van der Waals surface area (Å²) in [6.07, 6.45) is 9.21. The number of benzene rings is 1. The number of allylic oxidation sites excluding steroid dienone is 1. The minimum absolute atomic E-state index is 0.393. The van der Waals surface area contributed by atoms with Crippen molar-refractivity contribution in [3.05, 3.63) is 42.0 Å². The molecular weight excluding hydrogens is 258 g/mol. The van der Waals surface area contributed by atoms with Crippen molar-refractivity contribution in [1.29, 1.82) is 0 Å². The quantitative estimate of drug-likeness (QED) is 0.447. The Morgan fingerprint density at radius 3 is 2.76 bits per heavy atom. The van der Waals surface area contributed by atoms with Crippen LogP contribution in [0.15, 0.2) is 30.9 Å². The third kappa shape index (κ3) is 6.34. The third-order valence-electron chi connectivity index (χ3n) is 3.81. The lowest BCUT2D eigenvalue weighted by Gasteiger charge is -2.21. The molecule has 2 nitrogen and oxygen atoms in total. The van der Waals surface area contributed by atoms with E-state index in [0.717, 1.165) is 31.6 Å². The molecule has 0 radical (unpaired) electrons. The molecule has 2 heteroatoms. The number of nitrogens with one attached hydrogen (secondary N) is 1. The zero-order valence-electron chi connectivity index (χ0n) is 14.0. The number of rotatable bonds is 11. The maximum absolute atomic E-state index is 5.58. The Balaban J connectivity index is 2.69. The molecule has 1 rings (SSSR count). The highest BCUT2D eigenvalue weighted by atomic mass is 16.5. The van der Waals surface area contributed by atoms with Crippen LogP contribution >= 0.6 is 0 Å². The largest absolute Gasteiger partial charge is 0.496 e. The lowest BCUT2D eigenvalue weighted by molar-refractivity contribution is 0.391. The van der Waals surface area contributed by atoms with Crippen molar-refractivity contribution in [3.8, 4) is 5.75 Å². The van der Waals surface area contributed by atoms with Crippen LogP contribution in [-0.2, 0) is 0 Å². The fourth-order valence-electron chi connectivity index (χ4n) is 2.61. The van der Waals surface area contributed by atoms with Crippen molar-refractivity contribution in [2.45, 2.75) is 58.4 Å². The number of hydrogen-bond acceptors (Lipinski definition) is 2. The summed E-state index contributed by atoms with van der Waals surface area (Å²) in [6, 6.07) is 6.92. The molecule has 0 spiro atoms. The molecular formula is C19H31NO. The normalized spacial score (nSPS) is 12.1. The van der Waals surface area contributed by atoms with Crippen molar-refractivity contribution in [2.24, 2.45) is 0 Å². The summed E-state index contributed by atoms with van der Waals surface area (Å²) in [5.41, 5.74) is 2.54. The first-order chi connectivity index (χ1) is 10.2. The Hall–Kier alpha value is -1.28. The first-order valence-corrected chi connectivity index (χ1v) is 8.21. The average molecular weight is 289 g/mol. The Labute approximate surface area is 130 Å². The molecule has 1 unspecified atom stereocenters. The molecule has 1 N–H and O–H groups in total. The molecule has 0 aliphatic carbocycles. The molecule has 0 bridgehead atoms. The minimum Gasteiger partial charge on any atom is -0.496 e. The van der Waals surface area contributed by atoms with Crippen LogP contribution in [0.1, 0.15) is 62.6 Å². The summed E-state index contributed by atoms with van der Waals surface area (Å²) in [4.78, 5) is 0. The van der Waals surface area contributed by atoms with Crippen LogP contribution in [0.25, 0.3) is 0 Å². The maximum atomic E-state index is 5.58. The SMILES string of the molecule is C=CCCCCCC(NCCC)c1ccc(C)cc1OC. The van der Waals surface area contributed by atoms with Gasteiger partial charge in [-0.3, -0.25) is 0 Å². The van der Waals surface area contributed by atoms with Crippen LogP contribution in [0.3, 0.4) is 0 Å². The zero-order valence-corrected chi connectivity index (χ0v) is 14.0. The van der Waals surface area contributed by atoms with E-state index in [-0.39, 0.29) is 0 Å². The molecule has 0 saturated carbocycles. The molecule has 0 aliphatic rings. The molecule has 0 amide bonds. The van der Waals surface area contributed by atoms with Crippen LogP contribution in [0.5, 0.6) is 5.75 Å². The average Bonchev–Trinajstić information content (AvgIpc) is 2.50. The second kappa shape index (κ2) is 10.4. The maximum Gasteiger partial charge on any atom is 0.123 e. The van der Waals surface area contributed by atoms with Gasteiger partial charge in [0.25, 0.3) is 0 Å². The summed E-state index contributed by atoms with van der Waals surface area (Å²) in [6.45, 7) is 9.15. The van der Waals surface area contributed by atoms with Crippen LogP contribution in [0.4, 0.5) is 0 Å². The lowest BCUT2D eigenvalue weighted by atomic mass is 9.97. The number of methoxy groups -OCH3 is 1. The van der Waals surface area contributed by atoms with Crippen LogP contribution in [0, 0.1) is 6.92 Å². The predicted octanol–water partition coefficient (Wildman–Crippen LogP) is 5.18. The van der Waals surface area contributed by atoms with E-state index in [1.54, 1.807) is 7.11 Å². The van der Waals surface area contributed by atoms with Crippen molar-refractivity contribution >= 4 is 0 Å². The topological polar surface area (TPSA) is 21.3 Å². The second-order valence-corrected chi connectivity index (χ2v) is 5.68. The molecule has 0 saturated heterocycles. The van der Waals surface area contributed by atoms with E-state index in [1.165, 1.54) is 30.4 Å². The summed E-state index contributed by atoms with van der Waals surface area (Å²) >= 11 is 0. The predicted molar refractivity (Wildman–Crippen MR) is 92.0 cm³/mol. The van der Waals surface area contributed by atoms with E-state index >= 15 is 0 Å². The molecule has 0 heterocycles. The van der Waals surface area contributed by atoms with Gasteiger partial charge in [0.1, 0.15) is 5.75 Å². The van der Waals surface area contributed by atoms with E-state index in [4.69, 9.17) is 4.74 Å². The Kier molecular flexibility index (Phi) is 8.84. The minimum atomic E-state index is 0.393. The van der Waals surface area contributed by atoms with Gasteiger partial charge in [-0.1, -0.05) is 38.0 Å². The van der Waals surface area contributed by atoms with Gasteiger partial charge >= 0.3 is 0 Å². The number of aryl methyl sites for hydroxylation is 1. The third-order valence-corrected chi connectivity index (χ3v) is 3.81. The molecule has 1 atom stereocenters. The van der Waals surface area contributed by atoms with Gasteiger partial charge in [-0.25, -0.2) is 0 Å². The van der Waals surface area contributed by atoms with Gasteiger partial charge in [-0.2, -0.15) is 0 Å². The van der Waals surface area contributed by atoms with Gasteiger partial charge < -0.3 is 10.1 Å². The highest BCUT2D eigenvalue weighted by Gasteiger charge is 2.15. The van der Waals surface area contributed by atoms with E-state index in [1.807, 2.05) is 6.08 Å². The van der Waals surface area contributed by atoms with E-state index in [0.29, 0.717) is 6.04 Å². The first-order valence-electron chi connectivity index (χ1n) is 8.21. The fourth-order valence-corrected chi connectivity index (χ4v) is 2.61. The van der Waals surface area contributed by atoms with E-state index < -0.39 is 0 Å². The van der Waals surface area contributed by atoms with Crippen molar-refractivity contribution < 1.29 is 4.74 Å². The number of ether oxygens (including phenoxy) is 1. The van der Waals surface area contributed by atoms with Crippen LogP contribution < -0.4 is 10.1 Å². The van der Waals surface area contributed by atoms with Crippen LogP contribution in [0.2, 0.25) is 0 Å². The van der Waals surface area contributed by atoms with Crippen molar-refractivity contribution in [2.75, 3.05) is 13.7 Å². The van der Waals surface area contributed by atoms with Gasteiger partial charge in [0.05, 0.1) is 7.11 Å². The molecule has 1 aromatic carbocycles. The van der Waals surface area contributed by atoms with Gasteiger partial charge in [0, 0.05) is 11.6 Å². The first kappa shape index (κ1) is 17.8. The van der Waals surface area contributed by atoms with Crippen molar-refractivity contribution in [1.82, 2.24) is 5.32 Å². The Morgan fingerprint density at radius 1 is 1.29 bits per heavy atom. The van der Waals surface area contributed by atoms with Crippen molar-refractivity contribution in [3.63, 3.8) is 0 Å². The van der Waals surface area contributed by atoms with E-state index in [9.17, 15) is 0 Å². The summed E-state index contributed by atoms with van der Waals surface area (Å²) in [5.74, 6) is 1.01. The lowest BCUT2D eigenvalue weighted by Crippen LogP contribution is -2.22. The molecule has 21 heavy (non-hydrogen) atoms. The summed E-state index contributed by atoms with van der Waals surface area (Å²) < 4.78 is 5.58. The monoisotopic (exact) mass is 289 g/mol. The molecule has 0 fully saturated rings. The summed E-state index contributed by atoms with van der Waals surface area (Å²) in [7, 11) is 1.76. The Bertz CT molecular complexity index is 414. The number of hydrogen-bond donors (Lipinski definition) is 1. The second-order valence-electron chi connectivity index (χ2n) is 5.68. The molecule has 0 aromatic heterocycles. The smallest absolute Gasteiger partial charge is 0.123 e. The van der Waals surface area contributed by atoms with Gasteiger partial charge in [-0.15, -0.1) is 6.58 Å². The Morgan fingerprint density at radius 2 is 2.10 bits per heavy atom. The molecule has 1 aromatic rings. The zero-order chi connectivity index (χ0) is 15.5. The standard InChI is InChI=1S/C19H31NO/c1-5-7-8-9-10-11-18(20-14-6-2)17-13-12-16(3)15-19(17)21-4/h5,12-13,15,18,20H,1,6-11,14H2,2-4H3. The number of unbranched alkanes of at least 4 members (excludes halogenated alkanes) is 3. The molecule has 0 aliphatic heterocycles. The summed E-state index contributed by atoms with van der Waals surface area (Å²) in [5, 5.41) is 3.67. The highest BCUT2D eigenvalue weighted by Crippen LogP contribution is 2.29. The van der Waals surface area contributed by atoms with Gasteiger partial charge in [0.2, 0.25) is 0 Å². The van der Waals surface area contributed by atoms with Crippen LogP contribution in [-0.4, -0.2) is 13.7 Å². The van der Waals surface area contributed by atoms with E-state index in [2.05, 4.69) is 43.9 Å². The van der Waals surface area contributed by atoms with Gasteiger partial charge in [0.15, 0.2) is 0 Å².